The monoisotopic (exact) mass is 259 g/mol. The fourth-order valence-corrected chi connectivity index (χ4v) is 4.13. The van der Waals surface area contributed by atoms with E-state index < -0.39 is 0 Å². The van der Waals surface area contributed by atoms with Crippen LogP contribution in [-0.2, 0) is 0 Å². The normalized spacial score (nSPS) is 27.7. The van der Waals surface area contributed by atoms with E-state index >= 15 is 0 Å². The molecular formula is C14H17N3S. The van der Waals surface area contributed by atoms with Gasteiger partial charge in [0, 0.05) is 30.6 Å². The van der Waals surface area contributed by atoms with E-state index in [4.69, 9.17) is 0 Å². The highest BCUT2D eigenvalue weighted by Gasteiger charge is 2.30. The zero-order chi connectivity index (χ0) is 11.9. The van der Waals surface area contributed by atoms with Crippen molar-refractivity contribution in [1.29, 1.82) is 0 Å². The van der Waals surface area contributed by atoms with Crippen molar-refractivity contribution in [2.24, 2.45) is 0 Å². The first-order valence-corrected chi connectivity index (χ1v) is 7.53. The lowest BCUT2D eigenvalue weighted by Crippen LogP contribution is -2.34. The molecule has 2 bridgehead atoms. The highest BCUT2D eigenvalue weighted by molar-refractivity contribution is 7.11. The number of aromatic nitrogens is 1. The Balaban J connectivity index is 1.70. The van der Waals surface area contributed by atoms with Crippen LogP contribution >= 0.6 is 11.5 Å². The molecule has 18 heavy (non-hydrogen) atoms. The molecule has 2 aliphatic rings. The van der Waals surface area contributed by atoms with Crippen molar-refractivity contribution in [3.63, 3.8) is 0 Å². The summed E-state index contributed by atoms with van der Waals surface area (Å²) in [5, 5.41) is 6.42. The number of nitrogens with zero attached hydrogens (tertiary/aromatic N) is 2. The molecule has 0 aliphatic carbocycles. The maximum atomic E-state index is 4.57. The van der Waals surface area contributed by atoms with Crippen LogP contribution in [-0.4, -0.2) is 29.5 Å². The Morgan fingerprint density at radius 2 is 2.06 bits per heavy atom. The minimum absolute atomic E-state index is 0.679. The van der Waals surface area contributed by atoms with Gasteiger partial charge in [0.05, 0.1) is 5.52 Å². The topological polar surface area (TPSA) is 28.2 Å². The summed E-state index contributed by atoms with van der Waals surface area (Å²) in [6.45, 7) is 2.31. The van der Waals surface area contributed by atoms with Gasteiger partial charge in [0.1, 0.15) is 5.00 Å². The fourth-order valence-electron chi connectivity index (χ4n) is 3.23. The molecular weight excluding hydrogens is 242 g/mol. The molecule has 2 aliphatic heterocycles. The number of nitrogens with one attached hydrogen (secondary N) is 1. The van der Waals surface area contributed by atoms with Gasteiger partial charge in [0.15, 0.2) is 0 Å². The Morgan fingerprint density at radius 3 is 3.06 bits per heavy atom. The van der Waals surface area contributed by atoms with Gasteiger partial charge in [0.25, 0.3) is 0 Å². The highest BCUT2D eigenvalue weighted by atomic mass is 32.1. The predicted molar refractivity (Wildman–Crippen MR) is 76.4 cm³/mol. The molecule has 1 aromatic carbocycles. The first-order valence-electron chi connectivity index (χ1n) is 6.75. The SMILES string of the molecule is c1ccc2c(N3CCC4CCC(C3)N4)snc2c1. The van der Waals surface area contributed by atoms with Crippen LogP contribution in [0.1, 0.15) is 19.3 Å². The van der Waals surface area contributed by atoms with Crippen LogP contribution in [0.25, 0.3) is 10.9 Å². The van der Waals surface area contributed by atoms with Gasteiger partial charge < -0.3 is 10.2 Å². The quantitative estimate of drug-likeness (QED) is 0.853. The van der Waals surface area contributed by atoms with Crippen LogP contribution in [0.4, 0.5) is 5.00 Å². The van der Waals surface area contributed by atoms with Gasteiger partial charge in [-0.15, -0.1) is 0 Å². The molecule has 2 atom stereocenters. The Hall–Kier alpha value is -1.13. The van der Waals surface area contributed by atoms with Gasteiger partial charge in [-0.25, -0.2) is 0 Å². The van der Waals surface area contributed by atoms with Crippen molar-refractivity contribution in [1.82, 2.24) is 9.69 Å². The minimum Gasteiger partial charge on any atom is -0.360 e. The Bertz CT molecular complexity index is 565. The molecule has 1 aromatic heterocycles. The molecule has 3 heterocycles. The second-order valence-corrected chi connectivity index (χ2v) is 6.13. The average Bonchev–Trinajstić information content (AvgIpc) is 2.94. The van der Waals surface area contributed by atoms with Crippen molar-refractivity contribution in [3.8, 4) is 0 Å². The number of benzene rings is 1. The van der Waals surface area contributed by atoms with Crippen molar-refractivity contribution in [3.05, 3.63) is 24.3 Å². The van der Waals surface area contributed by atoms with Crippen LogP contribution in [0.2, 0.25) is 0 Å². The van der Waals surface area contributed by atoms with E-state index in [0.29, 0.717) is 6.04 Å². The molecule has 3 nitrogen and oxygen atoms in total. The Kier molecular flexibility index (Phi) is 2.52. The third kappa shape index (κ3) is 1.71. The standard InChI is InChI=1S/C14H17N3S/c1-2-4-13-12(3-1)14(18-16-13)17-8-7-10-5-6-11(9-17)15-10/h1-4,10-11,15H,5-9H2. The van der Waals surface area contributed by atoms with Crippen LogP contribution in [0.5, 0.6) is 0 Å². The molecule has 0 saturated carbocycles. The molecule has 2 fully saturated rings. The molecule has 2 unspecified atom stereocenters. The van der Waals surface area contributed by atoms with Crippen LogP contribution in [0, 0.1) is 0 Å². The van der Waals surface area contributed by atoms with Crippen molar-refractivity contribution in [2.45, 2.75) is 31.3 Å². The third-order valence-corrected chi connectivity index (χ3v) is 5.11. The second kappa shape index (κ2) is 4.21. The summed E-state index contributed by atoms with van der Waals surface area (Å²) in [6.07, 6.45) is 3.96. The smallest absolute Gasteiger partial charge is 0.120 e. The summed E-state index contributed by atoms with van der Waals surface area (Å²) in [5.74, 6) is 0. The van der Waals surface area contributed by atoms with E-state index in [1.807, 2.05) is 0 Å². The zero-order valence-corrected chi connectivity index (χ0v) is 11.1. The van der Waals surface area contributed by atoms with E-state index in [9.17, 15) is 0 Å². The molecule has 2 aromatic rings. The molecule has 4 rings (SSSR count). The van der Waals surface area contributed by atoms with Crippen LogP contribution in [0.3, 0.4) is 0 Å². The van der Waals surface area contributed by atoms with Gasteiger partial charge in [-0.05, 0) is 42.9 Å². The summed E-state index contributed by atoms with van der Waals surface area (Å²) < 4.78 is 4.57. The number of hydrogen-bond donors (Lipinski definition) is 1. The summed E-state index contributed by atoms with van der Waals surface area (Å²) in [7, 11) is 0. The fraction of sp³-hybridized carbons (Fsp3) is 0.500. The lowest BCUT2D eigenvalue weighted by molar-refractivity contribution is 0.563. The van der Waals surface area contributed by atoms with Gasteiger partial charge >= 0.3 is 0 Å². The van der Waals surface area contributed by atoms with Crippen molar-refractivity contribution < 1.29 is 0 Å². The van der Waals surface area contributed by atoms with E-state index in [1.54, 1.807) is 11.5 Å². The molecule has 94 valence electrons. The number of fused-ring (bicyclic) bond motifs is 3. The highest BCUT2D eigenvalue weighted by Crippen LogP contribution is 2.33. The molecule has 0 amide bonds. The first-order chi connectivity index (χ1) is 8.90. The van der Waals surface area contributed by atoms with Crippen LogP contribution < -0.4 is 10.2 Å². The van der Waals surface area contributed by atoms with E-state index in [0.717, 1.165) is 18.1 Å². The summed E-state index contributed by atoms with van der Waals surface area (Å²) >= 11 is 1.65. The summed E-state index contributed by atoms with van der Waals surface area (Å²) in [5.41, 5.74) is 1.14. The zero-order valence-electron chi connectivity index (χ0n) is 10.3. The van der Waals surface area contributed by atoms with E-state index in [1.165, 1.54) is 36.2 Å². The van der Waals surface area contributed by atoms with Crippen LogP contribution in [0.15, 0.2) is 24.3 Å². The van der Waals surface area contributed by atoms with Gasteiger partial charge in [-0.2, -0.15) is 4.37 Å². The Labute approximate surface area is 111 Å². The van der Waals surface area contributed by atoms with Crippen molar-refractivity contribution in [2.75, 3.05) is 18.0 Å². The largest absolute Gasteiger partial charge is 0.360 e. The first kappa shape index (κ1) is 10.8. The maximum absolute atomic E-state index is 4.57. The molecule has 2 saturated heterocycles. The molecule has 1 N–H and O–H groups in total. The van der Waals surface area contributed by atoms with Crippen molar-refractivity contribution >= 4 is 27.4 Å². The van der Waals surface area contributed by atoms with Gasteiger partial charge in [-0.3, -0.25) is 0 Å². The lowest BCUT2D eigenvalue weighted by atomic mass is 10.1. The number of hydrogen-bond acceptors (Lipinski definition) is 4. The lowest BCUT2D eigenvalue weighted by Gasteiger charge is -2.24. The second-order valence-electron chi connectivity index (χ2n) is 5.38. The van der Waals surface area contributed by atoms with E-state index in [-0.39, 0.29) is 0 Å². The predicted octanol–water partition coefficient (Wildman–Crippen LogP) is 2.63. The summed E-state index contributed by atoms with van der Waals surface area (Å²) in [6, 6.07) is 9.92. The molecule has 0 spiro atoms. The number of anilines is 1. The third-order valence-electron chi connectivity index (χ3n) is 4.18. The number of rotatable bonds is 1. The molecule has 4 heteroatoms. The van der Waals surface area contributed by atoms with Gasteiger partial charge in [-0.1, -0.05) is 12.1 Å². The van der Waals surface area contributed by atoms with Gasteiger partial charge in [0.2, 0.25) is 0 Å². The Morgan fingerprint density at radius 1 is 1.17 bits per heavy atom. The minimum atomic E-state index is 0.679. The maximum Gasteiger partial charge on any atom is 0.120 e. The molecule has 0 radical (unpaired) electrons. The summed E-state index contributed by atoms with van der Waals surface area (Å²) in [4.78, 5) is 2.54. The van der Waals surface area contributed by atoms with E-state index in [2.05, 4.69) is 38.9 Å². The average molecular weight is 259 g/mol.